The molecule has 2 amide bonds. The summed E-state index contributed by atoms with van der Waals surface area (Å²) in [4.78, 5) is 27.9. The summed E-state index contributed by atoms with van der Waals surface area (Å²) in [6.07, 6.45) is 1.49. The fourth-order valence-electron chi connectivity index (χ4n) is 3.88. The van der Waals surface area contributed by atoms with Crippen molar-refractivity contribution in [3.8, 4) is 5.75 Å². The van der Waals surface area contributed by atoms with Gasteiger partial charge in [-0.3, -0.25) is 13.9 Å². The van der Waals surface area contributed by atoms with Crippen molar-refractivity contribution in [3.05, 3.63) is 59.7 Å². The van der Waals surface area contributed by atoms with Crippen molar-refractivity contribution in [2.75, 3.05) is 24.2 Å². The number of hydrogen-bond acceptors (Lipinski definition) is 5. The molecule has 2 aromatic rings. The fourth-order valence-corrected chi connectivity index (χ4v) is 4.85. The van der Waals surface area contributed by atoms with Crippen LogP contribution in [0.5, 0.6) is 5.75 Å². The highest BCUT2D eigenvalue weighted by Gasteiger charge is 2.29. The van der Waals surface area contributed by atoms with E-state index in [9.17, 15) is 18.0 Å². The molecule has 0 fully saturated rings. The highest BCUT2D eigenvalue weighted by atomic mass is 32.2. The molecule has 2 rings (SSSR count). The van der Waals surface area contributed by atoms with Crippen molar-refractivity contribution in [2.24, 2.45) is 0 Å². The molecule has 0 saturated heterocycles. The molecular formula is C27H39N3O5S. The topological polar surface area (TPSA) is 96.0 Å². The van der Waals surface area contributed by atoms with Crippen LogP contribution < -0.4 is 14.4 Å². The standard InChI is InChI=1S/C27H39N3O5S/c1-20-12-10-13-22(18-20)19-29(21(2)26(32)28-27(3,4)5)25(31)16-11-17-30(36(7,33)34)23-14-8-9-15-24(23)35-6/h8-10,12-15,18,21H,11,16-17,19H2,1-7H3,(H,28,32). The van der Waals surface area contributed by atoms with Gasteiger partial charge in [0.1, 0.15) is 11.8 Å². The van der Waals surface area contributed by atoms with E-state index < -0.39 is 21.6 Å². The number of anilines is 1. The Morgan fingerprint density at radius 1 is 1.08 bits per heavy atom. The maximum Gasteiger partial charge on any atom is 0.242 e. The number of benzene rings is 2. The first-order valence-corrected chi connectivity index (χ1v) is 13.9. The van der Waals surface area contributed by atoms with E-state index in [2.05, 4.69) is 5.32 Å². The molecule has 0 aliphatic carbocycles. The molecule has 9 heteroatoms. The van der Waals surface area contributed by atoms with Gasteiger partial charge in [0.2, 0.25) is 21.8 Å². The van der Waals surface area contributed by atoms with Crippen LogP contribution in [-0.2, 0) is 26.2 Å². The lowest BCUT2D eigenvalue weighted by Crippen LogP contribution is -2.52. The maximum atomic E-state index is 13.4. The van der Waals surface area contributed by atoms with Gasteiger partial charge < -0.3 is 15.0 Å². The van der Waals surface area contributed by atoms with Crippen molar-refractivity contribution >= 4 is 27.5 Å². The van der Waals surface area contributed by atoms with Crippen LogP contribution in [0.1, 0.15) is 51.7 Å². The van der Waals surface area contributed by atoms with Gasteiger partial charge in [0.05, 0.1) is 19.1 Å². The van der Waals surface area contributed by atoms with Gasteiger partial charge in [-0.1, -0.05) is 42.0 Å². The van der Waals surface area contributed by atoms with Gasteiger partial charge in [-0.2, -0.15) is 0 Å². The molecule has 0 radical (unpaired) electrons. The number of sulfonamides is 1. The molecular weight excluding hydrogens is 478 g/mol. The van der Waals surface area contributed by atoms with Gasteiger partial charge in [-0.15, -0.1) is 0 Å². The minimum Gasteiger partial charge on any atom is -0.495 e. The second kappa shape index (κ2) is 12.3. The SMILES string of the molecule is COc1ccccc1N(CCCC(=O)N(Cc1cccc(C)c1)C(C)C(=O)NC(C)(C)C)S(C)(=O)=O. The van der Waals surface area contributed by atoms with Crippen LogP contribution in [0.15, 0.2) is 48.5 Å². The van der Waals surface area contributed by atoms with Crippen LogP contribution in [0.25, 0.3) is 0 Å². The third-order valence-electron chi connectivity index (χ3n) is 5.61. The molecule has 8 nitrogen and oxygen atoms in total. The highest BCUT2D eigenvalue weighted by molar-refractivity contribution is 7.92. The third kappa shape index (κ3) is 8.55. The van der Waals surface area contributed by atoms with E-state index in [4.69, 9.17) is 4.74 Å². The molecule has 0 bridgehead atoms. The Bertz CT molecular complexity index is 1160. The monoisotopic (exact) mass is 517 g/mol. The van der Waals surface area contributed by atoms with E-state index in [1.54, 1.807) is 36.1 Å². The first kappa shape index (κ1) is 29.2. The number of ether oxygens (including phenoxy) is 1. The number of aryl methyl sites for hydroxylation is 1. The van der Waals surface area contributed by atoms with Gasteiger partial charge in [-0.05, 0) is 58.7 Å². The minimum atomic E-state index is -3.61. The number of nitrogens with zero attached hydrogens (tertiary/aromatic N) is 2. The average molecular weight is 518 g/mol. The summed E-state index contributed by atoms with van der Waals surface area (Å²) in [5.41, 5.74) is 1.97. The van der Waals surface area contributed by atoms with Crippen LogP contribution in [0, 0.1) is 6.92 Å². The summed E-state index contributed by atoms with van der Waals surface area (Å²) in [6, 6.07) is 14.0. The molecule has 0 aliphatic rings. The van der Waals surface area contributed by atoms with Gasteiger partial charge in [0.15, 0.2) is 0 Å². The van der Waals surface area contributed by atoms with Crippen LogP contribution in [0.3, 0.4) is 0 Å². The van der Waals surface area contributed by atoms with Crippen molar-refractivity contribution in [1.29, 1.82) is 0 Å². The summed E-state index contributed by atoms with van der Waals surface area (Å²) in [7, 11) is -2.13. The number of carbonyl (C=O) groups is 2. The summed E-state index contributed by atoms with van der Waals surface area (Å²) in [5, 5.41) is 2.95. The van der Waals surface area contributed by atoms with Crippen LogP contribution >= 0.6 is 0 Å². The van der Waals surface area contributed by atoms with Crippen molar-refractivity contribution in [2.45, 2.75) is 65.6 Å². The van der Waals surface area contributed by atoms with Crippen molar-refractivity contribution in [1.82, 2.24) is 10.2 Å². The zero-order chi connectivity index (χ0) is 27.1. The molecule has 1 N–H and O–H groups in total. The van der Waals surface area contributed by atoms with Gasteiger partial charge in [0, 0.05) is 25.0 Å². The van der Waals surface area contributed by atoms with Crippen molar-refractivity contribution < 1.29 is 22.7 Å². The van der Waals surface area contributed by atoms with E-state index in [0.717, 1.165) is 17.4 Å². The smallest absolute Gasteiger partial charge is 0.242 e. The van der Waals surface area contributed by atoms with Crippen LogP contribution in [0.2, 0.25) is 0 Å². The summed E-state index contributed by atoms with van der Waals surface area (Å²) < 4.78 is 31.7. The number of rotatable bonds is 11. The van der Waals surface area contributed by atoms with E-state index in [-0.39, 0.29) is 37.7 Å². The number of carbonyl (C=O) groups excluding carboxylic acids is 2. The summed E-state index contributed by atoms with van der Waals surface area (Å²) in [5.74, 6) is -0.0281. The zero-order valence-electron chi connectivity index (χ0n) is 22.4. The van der Waals surface area contributed by atoms with E-state index in [1.807, 2.05) is 52.0 Å². The Labute approximate surface area is 215 Å². The largest absolute Gasteiger partial charge is 0.495 e. The maximum absolute atomic E-state index is 13.4. The second-order valence-corrected chi connectivity index (χ2v) is 11.9. The summed E-state index contributed by atoms with van der Waals surface area (Å²) >= 11 is 0. The fraction of sp³-hybridized carbons (Fsp3) is 0.481. The van der Waals surface area contributed by atoms with Crippen LogP contribution in [0.4, 0.5) is 5.69 Å². The zero-order valence-corrected chi connectivity index (χ0v) is 23.2. The molecule has 1 unspecified atom stereocenters. The molecule has 2 aromatic carbocycles. The minimum absolute atomic E-state index is 0.0835. The molecule has 0 aromatic heterocycles. The summed E-state index contributed by atoms with van der Waals surface area (Å²) in [6.45, 7) is 9.74. The van der Waals surface area contributed by atoms with Gasteiger partial charge >= 0.3 is 0 Å². The lowest BCUT2D eigenvalue weighted by atomic mass is 10.1. The number of methoxy groups -OCH3 is 1. The molecule has 0 aliphatic heterocycles. The number of hydrogen-bond donors (Lipinski definition) is 1. The normalized spacial score (nSPS) is 12.5. The Morgan fingerprint density at radius 2 is 1.75 bits per heavy atom. The molecule has 0 saturated carbocycles. The predicted molar refractivity (Wildman–Crippen MR) is 144 cm³/mol. The number of para-hydroxylation sites is 2. The first-order chi connectivity index (χ1) is 16.7. The second-order valence-electron chi connectivity index (χ2n) is 10.0. The first-order valence-electron chi connectivity index (χ1n) is 12.0. The van der Waals surface area contributed by atoms with Crippen molar-refractivity contribution in [3.63, 3.8) is 0 Å². The average Bonchev–Trinajstić information content (AvgIpc) is 2.78. The molecule has 1 atom stereocenters. The predicted octanol–water partition coefficient (Wildman–Crippen LogP) is 3.88. The van der Waals surface area contributed by atoms with E-state index in [0.29, 0.717) is 11.4 Å². The Kier molecular flexibility index (Phi) is 9.93. The van der Waals surface area contributed by atoms with E-state index in [1.165, 1.54) is 11.4 Å². The highest BCUT2D eigenvalue weighted by Crippen LogP contribution is 2.29. The molecule has 198 valence electrons. The molecule has 0 heterocycles. The third-order valence-corrected chi connectivity index (χ3v) is 6.79. The lowest BCUT2D eigenvalue weighted by molar-refractivity contribution is -0.141. The Balaban J connectivity index is 2.22. The van der Waals surface area contributed by atoms with Gasteiger partial charge in [-0.25, -0.2) is 8.42 Å². The number of amides is 2. The lowest BCUT2D eigenvalue weighted by Gasteiger charge is -2.32. The van der Waals surface area contributed by atoms with Gasteiger partial charge in [0.25, 0.3) is 0 Å². The molecule has 36 heavy (non-hydrogen) atoms. The molecule has 0 spiro atoms. The Hall–Kier alpha value is -3.07. The quantitative estimate of drug-likeness (QED) is 0.488. The Morgan fingerprint density at radius 3 is 2.33 bits per heavy atom. The van der Waals surface area contributed by atoms with E-state index >= 15 is 0 Å². The van der Waals surface area contributed by atoms with Crippen LogP contribution in [-0.4, -0.2) is 56.6 Å². The number of nitrogens with one attached hydrogen (secondary N) is 1.